The molecule has 1 amide bonds. The Bertz CT molecular complexity index is 412. The lowest BCUT2D eigenvalue weighted by Crippen LogP contribution is -2.43. The molecule has 0 fully saturated rings. The Morgan fingerprint density at radius 1 is 1.61 bits per heavy atom. The van der Waals surface area contributed by atoms with Crippen molar-refractivity contribution in [3.8, 4) is 5.75 Å². The maximum atomic E-state index is 13.4. The highest BCUT2D eigenvalue weighted by atomic mass is 19.1. The van der Waals surface area contributed by atoms with Crippen LogP contribution in [-0.4, -0.2) is 37.3 Å². The van der Waals surface area contributed by atoms with Gasteiger partial charge in [-0.2, -0.15) is 0 Å². The van der Waals surface area contributed by atoms with E-state index in [4.69, 9.17) is 15.6 Å². The summed E-state index contributed by atoms with van der Waals surface area (Å²) in [5.41, 5.74) is 6.06. The number of nitrogens with two attached hydrogens (primary N) is 1. The Hall–Kier alpha value is -1.66. The molecule has 1 aromatic carbocycles. The van der Waals surface area contributed by atoms with Gasteiger partial charge in [0.1, 0.15) is 6.04 Å². The summed E-state index contributed by atoms with van der Waals surface area (Å²) in [4.78, 5) is 11.2. The van der Waals surface area contributed by atoms with E-state index in [0.29, 0.717) is 13.0 Å². The van der Waals surface area contributed by atoms with Gasteiger partial charge >= 0.3 is 0 Å². The largest absolute Gasteiger partial charge is 0.494 e. The van der Waals surface area contributed by atoms with Crippen LogP contribution < -0.4 is 15.8 Å². The first-order valence-electron chi connectivity index (χ1n) is 5.55. The van der Waals surface area contributed by atoms with Crippen LogP contribution in [-0.2, 0) is 11.2 Å². The van der Waals surface area contributed by atoms with E-state index >= 15 is 0 Å². The van der Waals surface area contributed by atoms with Gasteiger partial charge in [0.2, 0.25) is 5.91 Å². The van der Waals surface area contributed by atoms with E-state index in [1.165, 1.54) is 19.2 Å². The van der Waals surface area contributed by atoms with Crippen molar-refractivity contribution >= 4 is 5.91 Å². The van der Waals surface area contributed by atoms with Gasteiger partial charge in [0.25, 0.3) is 0 Å². The molecule has 1 unspecified atom stereocenters. The number of benzene rings is 1. The summed E-state index contributed by atoms with van der Waals surface area (Å²) in [5.74, 6) is -0.676. The summed E-state index contributed by atoms with van der Waals surface area (Å²) >= 11 is 0. The van der Waals surface area contributed by atoms with Crippen LogP contribution in [0.4, 0.5) is 4.39 Å². The fraction of sp³-hybridized carbons (Fsp3) is 0.417. The third kappa shape index (κ3) is 3.97. The van der Waals surface area contributed by atoms with Crippen LogP contribution in [0.5, 0.6) is 5.75 Å². The van der Waals surface area contributed by atoms with Gasteiger partial charge in [-0.25, -0.2) is 4.39 Å². The van der Waals surface area contributed by atoms with E-state index in [1.54, 1.807) is 6.07 Å². The normalized spacial score (nSPS) is 12.0. The predicted molar refractivity (Wildman–Crippen MR) is 64.7 cm³/mol. The Morgan fingerprint density at radius 3 is 2.89 bits per heavy atom. The van der Waals surface area contributed by atoms with Gasteiger partial charge in [-0.1, -0.05) is 6.07 Å². The number of methoxy groups -OCH3 is 1. The number of aliphatic hydroxyl groups excluding tert-OH is 1. The van der Waals surface area contributed by atoms with Crippen molar-refractivity contribution in [2.24, 2.45) is 5.73 Å². The fourth-order valence-electron chi connectivity index (χ4n) is 1.41. The highest BCUT2D eigenvalue weighted by Crippen LogP contribution is 2.17. The van der Waals surface area contributed by atoms with Crippen molar-refractivity contribution in [3.05, 3.63) is 29.6 Å². The molecule has 0 bridgehead atoms. The molecule has 1 aromatic rings. The zero-order chi connectivity index (χ0) is 13.5. The van der Waals surface area contributed by atoms with Crippen LogP contribution >= 0.6 is 0 Å². The Labute approximate surface area is 105 Å². The maximum Gasteiger partial charge on any atom is 0.239 e. The molecule has 0 radical (unpaired) electrons. The molecule has 0 aliphatic heterocycles. The first-order chi connectivity index (χ1) is 8.58. The van der Waals surface area contributed by atoms with E-state index in [2.05, 4.69) is 5.32 Å². The van der Waals surface area contributed by atoms with Crippen LogP contribution in [0.2, 0.25) is 0 Å². The molecule has 0 aliphatic rings. The molecular formula is C12H17FN2O3. The molecule has 100 valence electrons. The minimum Gasteiger partial charge on any atom is -0.494 e. The topological polar surface area (TPSA) is 84.6 Å². The SMILES string of the molecule is COc1ccc(CCNC(=O)C(N)CO)cc1F. The first kappa shape index (κ1) is 14.4. The van der Waals surface area contributed by atoms with E-state index in [0.717, 1.165) is 5.56 Å². The molecule has 18 heavy (non-hydrogen) atoms. The number of nitrogens with one attached hydrogen (secondary N) is 1. The summed E-state index contributed by atoms with van der Waals surface area (Å²) in [7, 11) is 1.40. The molecule has 4 N–H and O–H groups in total. The average molecular weight is 256 g/mol. The number of halogens is 1. The number of aliphatic hydroxyl groups is 1. The molecule has 6 heteroatoms. The third-order valence-corrected chi connectivity index (χ3v) is 2.46. The molecule has 0 aliphatic carbocycles. The minimum atomic E-state index is -0.919. The number of amides is 1. The quantitative estimate of drug-likeness (QED) is 0.659. The second-order valence-corrected chi connectivity index (χ2v) is 3.80. The fourth-order valence-corrected chi connectivity index (χ4v) is 1.41. The lowest BCUT2D eigenvalue weighted by atomic mass is 10.1. The minimum absolute atomic E-state index is 0.185. The van der Waals surface area contributed by atoms with Crippen molar-refractivity contribution in [1.82, 2.24) is 5.32 Å². The second-order valence-electron chi connectivity index (χ2n) is 3.80. The van der Waals surface area contributed by atoms with Crippen LogP contribution in [0.3, 0.4) is 0 Å². The van der Waals surface area contributed by atoms with E-state index in [1.807, 2.05) is 0 Å². The Kier molecular flexibility index (Phi) is 5.54. The van der Waals surface area contributed by atoms with Gasteiger partial charge < -0.3 is 20.9 Å². The number of carbonyl (C=O) groups is 1. The highest BCUT2D eigenvalue weighted by Gasteiger charge is 2.11. The molecule has 1 atom stereocenters. The van der Waals surface area contributed by atoms with Crippen molar-refractivity contribution in [1.29, 1.82) is 0 Å². The molecule has 0 aromatic heterocycles. The number of rotatable bonds is 6. The smallest absolute Gasteiger partial charge is 0.239 e. The maximum absolute atomic E-state index is 13.4. The van der Waals surface area contributed by atoms with E-state index in [-0.39, 0.29) is 5.75 Å². The van der Waals surface area contributed by atoms with Crippen molar-refractivity contribution in [2.45, 2.75) is 12.5 Å². The lowest BCUT2D eigenvalue weighted by Gasteiger charge is -2.10. The zero-order valence-electron chi connectivity index (χ0n) is 10.1. The van der Waals surface area contributed by atoms with Crippen LogP contribution in [0.25, 0.3) is 0 Å². The van der Waals surface area contributed by atoms with E-state index < -0.39 is 24.4 Å². The van der Waals surface area contributed by atoms with Crippen molar-refractivity contribution < 1.29 is 19.0 Å². The third-order valence-electron chi connectivity index (χ3n) is 2.46. The van der Waals surface area contributed by atoms with Gasteiger partial charge in [-0.3, -0.25) is 4.79 Å². The predicted octanol–water partition coefficient (Wildman–Crippen LogP) is -0.187. The standard InChI is InChI=1S/C12H17FN2O3/c1-18-11-3-2-8(6-9(11)13)4-5-15-12(17)10(14)7-16/h2-3,6,10,16H,4-5,7,14H2,1H3,(H,15,17). The van der Waals surface area contributed by atoms with Crippen LogP contribution in [0.1, 0.15) is 5.56 Å². The number of hydrogen-bond acceptors (Lipinski definition) is 4. The number of hydrogen-bond donors (Lipinski definition) is 3. The zero-order valence-corrected chi connectivity index (χ0v) is 10.1. The number of carbonyl (C=O) groups excluding carboxylic acids is 1. The van der Waals surface area contributed by atoms with Crippen molar-refractivity contribution in [3.63, 3.8) is 0 Å². The van der Waals surface area contributed by atoms with Gasteiger partial charge in [0.15, 0.2) is 11.6 Å². The molecule has 0 saturated carbocycles. The highest BCUT2D eigenvalue weighted by molar-refractivity contribution is 5.81. The second kappa shape index (κ2) is 6.93. The molecule has 0 heterocycles. The molecular weight excluding hydrogens is 239 g/mol. The lowest BCUT2D eigenvalue weighted by molar-refractivity contribution is -0.123. The molecule has 0 spiro atoms. The van der Waals surface area contributed by atoms with Crippen molar-refractivity contribution in [2.75, 3.05) is 20.3 Å². The summed E-state index contributed by atoms with van der Waals surface area (Å²) in [6.45, 7) is -0.0682. The number of ether oxygens (including phenoxy) is 1. The summed E-state index contributed by atoms with van der Waals surface area (Å²) in [6, 6.07) is 3.70. The summed E-state index contributed by atoms with van der Waals surface area (Å²) in [5, 5.41) is 11.2. The average Bonchev–Trinajstić information content (AvgIpc) is 2.37. The Balaban J connectivity index is 2.45. The van der Waals surface area contributed by atoms with Crippen LogP contribution in [0, 0.1) is 5.82 Å². The molecule has 0 saturated heterocycles. The summed E-state index contributed by atoms with van der Waals surface area (Å²) < 4.78 is 18.2. The first-order valence-corrected chi connectivity index (χ1v) is 5.55. The Morgan fingerprint density at radius 2 is 2.33 bits per heavy atom. The van der Waals surface area contributed by atoms with E-state index in [9.17, 15) is 9.18 Å². The molecule has 5 nitrogen and oxygen atoms in total. The van der Waals surface area contributed by atoms with Gasteiger partial charge in [-0.15, -0.1) is 0 Å². The van der Waals surface area contributed by atoms with Crippen LogP contribution in [0.15, 0.2) is 18.2 Å². The summed E-state index contributed by atoms with van der Waals surface area (Å²) in [6.07, 6.45) is 0.477. The van der Waals surface area contributed by atoms with Gasteiger partial charge in [0, 0.05) is 6.54 Å². The van der Waals surface area contributed by atoms with Gasteiger partial charge in [-0.05, 0) is 24.1 Å². The molecule has 1 rings (SSSR count). The monoisotopic (exact) mass is 256 g/mol. The van der Waals surface area contributed by atoms with Gasteiger partial charge in [0.05, 0.1) is 13.7 Å².